The van der Waals surface area contributed by atoms with Gasteiger partial charge in [-0.2, -0.15) is 0 Å². The molecule has 1 unspecified atom stereocenters. The molecule has 0 radical (unpaired) electrons. The largest absolute Gasteiger partial charge is 0.366 e. The van der Waals surface area contributed by atoms with Gasteiger partial charge in [0, 0.05) is 6.42 Å². The SMILES string of the molecule is C=CCOC1CCCCCC1=O. The summed E-state index contributed by atoms with van der Waals surface area (Å²) in [5.41, 5.74) is 0. The molecule has 1 rings (SSSR count). The van der Waals surface area contributed by atoms with E-state index in [0.29, 0.717) is 13.0 Å². The Morgan fingerprint density at radius 3 is 3.08 bits per heavy atom. The summed E-state index contributed by atoms with van der Waals surface area (Å²) in [7, 11) is 0. The lowest BCUT2D eigenvalue weighted by Gasteiger charge is -2.11. The van der Waals surface area contributed by atoms with E-state index in [0.717, 1.165) is 19.3 Å². The van der Waals surface area contributed by atoms with Crippen LogP contribution in [0.15, 0.2) is 12.7 Å². The van der Waals surface area contributed by atoms with Crippen molar-refractivity contribution in [2.45, 2.75) is 38.2 Å². The molecule has 0 amide bonds. The van der Waals surface area contributed by atoms with Crippen LogP contribution in [0, 0.1) is 0 Å². The molecule has 0 N–H and O–H groups in total. The molecule has 0 aromatic heterocycles. The van der Waals surface area contributed by atoms with Crippen molar-refractivity contribution in [1.82, 2.24) is 0 Å². The van der Waals surface area contributed by atoms with Crippen LogP contribution >= 0.6 is 0 Å². The Bertz CT molecular complexity index is 163. The van der Waals surface area contributed by atoms with Crippen molar-refractivity contribution >= 4 is 5.78 Å². The van der Waals surface area contributed by atoms with E-state index >= 15 is 0 Å². The highest BCUT2D eigenvalue weighted by Gasteiger charge is 2.20. The van der Waals surface area contributed by atoms with Gasteiger partial charge in [-0.05, 0) is 12.8 Å². The van der Waals surface area contributed by atoms with Gasteiger partial charge in [-0.25, -0.2) is 0 Å². The number of rotatable bonds is 3. The van der Waals surface area contributed by atoms with E-state index in [4.69, 9.17) is 4.74 Å². The summed E-state index contributed by atoms with van der Waals surface area (Å²) in [6.07, 6.45) is 6.46. The van der Waals surface area contributed by atoms with Crippen molar-refractivity contribution < 1.29 is 9.53 Å². The molecule has 0 heterocycles. The van der Waals surface area contributed by atoms with Crippen LogP contribution in [0.5, 0.6) is 0 Å². The summed E-state index contributed by atoms with van der Waals surface area (Å²) >= 11 is 0. The first-order valence-corrected chi connectivity index (χ1v) is 4.60. The highest BCUT2D eigenvalue weighted by Crippen LogP contribution is 2.16. The number of ether oxygens (including phenoxy) is 1. The fraction of sp³-hybridized carbons (Fsp3) is 0.700. The lowest BCUT2D eigenvalue weighted by atomic mass is 10.1. The summed E-state index contributed by atoms with van der Waals surface area (Å²) in [6.45, 7) is 4.05. The Morgan fingerprint density at radius 1 is 1.50 bits per heavy atom. The molecule has 0 aromatic carbocycles. The van der Waals surface area contributed by atoms with Gasteiger partial charge in [0.25, 0.3) is 0 Å². The van der Waals surface area contributed by atoms with Crippen molar-refractivity contribution in [3.63, 3.8) is 0 Å². The molecule has 1 fully saturated rings. The van der Waals surface area contributed by atoms with E-state index in [1.165, 1.54) is 6.42 Å². The molecule has 2 nitrogen and oxygen atoms in total. The predicted molar refractivity (Wildman–Crippen MR) is 48.0 cm³/mol. The summed E-state index contributed by atoms with van der Waals surface area (Å²) in [6, 6.07) is 0. The van der Waals surface area contributed by atoms with Gasteiger partial charge < -0.3 is 4.74 Å². The Morgan fingerprint density at radius 2 is 2.33 bits per heavy atom. The van der Waals surface area contributed by atoms with E-state index in [1.807, 2.05) is 0 Å². The lowest BCUT2D eigenvalue weighted by molar-refractivity contribution is -0.129. The zero-order valence-electron chi connectivity index (χ0n) is 7.42. The monoisotopic (exact) mass is 168 g/mol. The maximum Gasteiger partial charge on any atom is 0.161 e. The Labute approximate surface area is 73.6 Å². The zero-order chi connectivity index (χ0) is 8.81. The zero-order valence-corrected chi connectivity index (χ0v) is 7.42. The van der Waals surface area contributed by atoms with Crippen molar-refractivity contribution in [2.75, 3.05) is 6.61 Å². The second-order valence-corrected chi connectivity index (χ2v) is 3.18. The van der Waals surface area contributed by atoms with Gasteiger partial charge in [-0.1, -0.05) is 18.9 Å². The number of hydrogen-bond donors (Lipinski definition) is 0. The van der Waals surface area contributed by atoms with Gasteiger partial charge in [-0.15, -0.1) is 6.58 Å². The van der Waals surface area contributed by atoms with E-state index in [2.05, 4.69) is 6.58 Å². The van der Waals surface area contributed by atoms with Gasteiger partial charge in [0.05, 0.1) is 6.61 Å². The molecular formula is C10H16O2. The molecule has 68 valence electrons. The van der Waals surface area contributed by atoms with Crippen LogP contribution in [0.1, 0.15) is 32.1 Å². The van der Waals surface area contributed by atoms with Crippen molar-refractivity contribution in [3.05, 3.63) is 12.7 Å². The molecule has 2 heteroatoms. The Kier molecular flexibility index (Phi) is 4.01. The molecule has 1 aliphatic carbocycles. The third kappa shape index (κ3) is 2.78. The molecule has 0 aliphatic heterocycles. The van der Waals surface area contributed by atoms with Crippen molar-refractivity contribution in [3.8, 4) is 0 Å². The Hall–Kier alpha value is -0.630. The molecule has 0 saturated heterocycles. The second-order valence-electron chi connectivity index (χ2n) is 3.18. The Balaban J connectivity index is 2.36. The number of carbonyl (C=O) groups is 1. The maximum atomic E-state index is 11.4. The minimum atomic E-state index is -0.148. The fourth-order valence-corrected chi connectivity index (χ4v) is 1.49. The maximum absolute atomic E-state index is 11.4. The first kappa shape index (κ1) is 9.46. The molecule has 1 aliphatic rings. The molecule has 1 saturated carbocycles. The minimum absolute atomic E-state index is 0.148. The third-order valence-electron chi connectivity index (χ3n) is 2.16. The van der Waals surface area contributed by atoms with Gasteiger partial charge >= 0.3 is 0 Å². The van der Waals surface area contributed by atoms with Crippen molar-refractivity contribution in [1.29, 1.82) is 0 Å². The highest BCUT2D eigenvalue weighted by atomic mass is 16.5. The average Bonchev–Trinajstić information content (AvgIpc) is 2.27. The van der Waals surface area contributed by atoms with Crippen LogP contribution in [-0.4, -0.2) is 18.5 Å². The van der Waals surface area contributed by atoms with Gasteiger partial charge in [0.2, 0.25) is 0 Å². The number of carbonyl (C=O) groups excluding carboxylic acids is 1. The summed E-state index contributed by atoms with van der Waals surface area (Å²) in [5.74, 6) is 0.273. The van der Waals surface area contributed by atoms with Gasteiger partial charge in [-0.3, -0.25) is 4.79 Å². The van der Waals surface area contributed by atoms with Crippen LogP contribution in [0.25, 0.3) is 0 Å². The van der Waals surface area contributed by atoms with E-state index in [-0.39, 0.29) is 11.9 Å². The molecular weight excluding hydrogens is 152 g/mol. The minimum Gasteiger partial charge on any atom is -0.366 e. The van der Waals surface area contributed by atoms with E-state index in [1.54, 1.807) is 6.08 Å². The van der Waals surface area contributed by atoms with Crippen molar-refractivity contribution in [2.24, 2.45) is 0 Å². The normalized spacial score (nSPS) is 25.0. The first-order chi connectivity index (χ1) is 5.84. The second kappa shape index (κ2) is 5.09. The molecule has 0 spiro atoms. The lowest BCUT2D eigenvalue weighted by Crippen LogP contribution is -2.22. The predicted octanol–water partition coefficient (Wildman–Crippen LogP) is 2.09. The van der Waals surface area contributed by atoms with E-state index in [9.17, 15) is 4.79 Å². The van der Waals surface area contributed by atoms with E-state index < -0.39 is 0 Å². The first-order valence-electron chi connectivity index (χ1n) is 4.60. The molecule has 0 aromatic rings. The molecule has 0 bridgehead atoms. The molecule has 1 atom stereocenters. The third-order valence-corrected chi connectivity index (χ3v) is 2.16. The van der Waals surface area contributed by atoms with Crippen LogP contribution in [0.3, 0.4) is 0 Å². The standard InChI is InChI=1S/C10H16O2/c1-2-8-12-10-7-5-3-4-6-9(10)11/h2,10H,1,3-8H2. The molecule has 12 heavy (non-hydrogen) atoms. The van der Waals surface area contributed by atoms with Crippen LogP contribution in [0.2, 0.25) is 0 Å². The quantitative estimate of drug-likeness (QED) is 0.476. The van der Waals surface area contributed by atoms with Gasteiger partial charge in [0.1, 0.15) is 6.10 Å². The number of Topliss-reactive ketones (excluding diaryl/α,β-unsaturated/α-hetero) is 1. The van der Waals surface area contributed by atoms with Crippen LogP contribution in [-0.2, 0) is 9.53 Å². The summed E-state index contributed by atoms with van der Waals surface area (Å²) in [4.78, 5) is 11.4. The highest BCUT2D eigenvalue weighted by molar-refractivity contribution is 5.83. The number of hydrogen-bond acceptors (Lipinski definition) is 2. The smallest absolute Gasteiger partial charge is 0.161 e. The summed E-state index contributed by atoms with van der Waals surface area (Å²) in [5, 5.41) is 0. The van der Waals surface area contributed by atoms with Gasteiger partial charge in [0.15, 0.2) is 5.78 Å². The fourth-order valence-electron chi connectivity index (χ4n) is 1.49. The van der Waals surface area contributed by atoms with Crippen LogP contribution < -0.4 is 0 Å². The average molecular weight is 168 g/mol. The van der Waals surface area contributed by atoms with Crippen LogP contribution in [0.4, 0.5) is 0 Å². The topological polar surface area (TPSA) is 26.3 Å². The summed E-state index contributed by atoms with van der Waals surface area (Å²) < 4.78 is 5.36. The number of ketones is 1.